The van der Waals surface area contributed by atoms with E-state index >= 15 is 0 Å². The Morgan fingerprint density at radius 1 is 1.18 bits per heavy atom. The Bertz CT molecular complexity index is 91.6. The van der Waals surface area contributed by atoms with E-state index in [1.54, 1.807) is 0 Å². The molecule has 2 nitrogen and oxygen atoms in total. The molecule has 0 heterocycles. The summed E-state index contributed by atoms with van der Waals surface area (Å²) in [6.45, 7) is 10.7. The summed E-state index contributed by atoms with van der Waals surface area (Å²) in [5.74, 6) is 1.50. The van der Waals surface area contributed by atoms with Crippen LogP contribution in [0, 0.1) is 11.8 Å². The van der Waals surface area contributed by atoms with E-state index in [0.29, 0.717) is 6.04 Å². The van der Waals surface area contributed by atoms with Crippen LogP contribution in [0.3, 0.4) is 0 Å². The standard InChI is InChI=1S/C9H22N2/c1-7(2)8(3)6-11-9(4)5-10/h7-9,11H,5-6,10H2,1-4H3/t8?,9-/m0/s1. The van der Waals surface area contributed by atoms with Gasteiger partial charge in [0.25, 0.3) is 0 Å². The lowest BCUT2D eigenvalue weighted by atomic mass is 9.98. The number of nitrogens with two attached hydrogens (primary N) is 1. The van der Waals surface area contributed by atoms with Crippen LogP contribution in [0.2, 0.25) is 0 Å². The van der Waals surface area contributed by atoms with Crippen molar-refractivity contribution in [2.45, 2.75) is 33.7 Å². The van der Waals surface area contributed by atoms with Crippen LogP contribution in [-0.2, 0) is 0 Å². The predicted octanol–water partition coefficient (Wildman–Crippen LogP) is 1.22. The van der Waals surface area contributed by atoms with E-state index in [2.05, 4.69) is 33.0 Å². The summed E-state index contributed by atoms with van der Waals surface area (Å²) in [5, 5.41) is 3.39. The fraction of sp³-hybridized carbons (Fsp3) is 1.00. The number of nitrogens with one attached hydrogen (secondary N) is 1. The van der Waals surface area contributed by atoms with E-state index < -0.39 is 0 Å². The Balaban J connectivity index is 3.37. The zero-order chi connectivity index (χ0) is 8.85. The first kappa shape index (κ1) is 10.9. The lowest BCUT2D eigenvalue weighted by Gasteiger charge is -2.18. The molecule has 0 fully saturated rings. The van der Waals surface area contributed by atoms with Gasteiger partial charge in [0, 0.05) is 12.6 Å². The van der Waals surface area contributed by atoms with Gasteiger partial charge in [-0.2, -0.15) is 0 Å². The van der Waals surface area contributed by atoms with Crippen LogP contribution in [-0.4, -0.2) is 19.1 Å². The van der Waals surface area contributed by atoms with Gasteiger partial charge in [0.05, 0.1) is 0 Å². The van der Waals surface area contributed by atoms with Crippen molar-refractivity contribution in [3.63, 3.8) is 0 Å². The second-order valence-electron chi connectivity index (χ2n) is 3.77. The SMILES string of the molecule is CC(C)C(C)CN[C@@H](C)CN. The van der Waals surface area contributed by atoms with Gasteiger partial charge in [0.15, 0.2) is 0 Å². The van der Waals surface area contributed by atoms with Crippen LogP contribution in [0.25, 0.3) is 0 Å². The molecule has 0 aromatic carbocycles. The summed E-state index contributed by atoms with van der Waals surface area (Å²) in [6.07, 6.45) is 0. The molecule has 0 amide bonds. The Kier molecular flexibility index (Phi) is 5.51. The molecule has 0 saturated heterocycles. The maximum Gasteiger partial charge on any atom is 0.0162 e. The van der Waals surface area contributed by atoms with Gasteiger partial charge < -0.3 is 11.1 Å². The molecule has 0 rings (SSSR count). The molecule has 0 bridgehead atoms. The van der Waals surface area contributed by atoms with Crippen LogP contribution in [0.1, 0.15) is 27.7 Å². The second kappa shape index (κ2) is 5.56. The molecule has 0 spiro atoms. The molecule has 0 radical (unpaired) electrons. The molecule has 2 atom stereocenters. The number of rotatable bonds is 5. The van der Waals surface area contributed by atoms with Gasteiger partial charge in [-0.25, -0.2) is 0 Å². The summed E-state index contributed by atoms with van der Waals surface area (Å²) in [5.41, 5.74) is 5.47. The van der Waals surface area contributed by atoms with Crippen molar-refractivity contribution < 1.29 is 0 Å². The highest BCUT2D eigenvalue weighted by Gasteiger charge is 2.07. The van der Waals surface area contributed by atoms with Gasteiger partial charge in [-0.05, 0) is 25.3 Å². The fourth-order valence-electron chi connectivity index (χ4n) is 0.706. The van der Waals surface area contributed by atoms with E-state index in [1.807, 2.05) is 0 Å². The van der Waals surface area contributed by atoms with Crippen LogP contribution in [0.15, 0.2) is 0 Å². The first-order chi connectivity index (χ1) is 5.07. The van der Waals surface area contributed by atoms with Gasteiger partial charge in [0.1, 0.15) is 0 Å². The average molecular weight is 158 g/mol. The van der Waals surface area contributed by atoms with Gasteiger partial charge in [-0.15, -0.1) is 0 Å². The Labute approximate surface area is 70.5 Å². The van der Waals surface area contributed by atoms with E-state index in [-0.39, 0.29) is 0 Å². The number of hydrogen-bond donors (Lipinski definition) is 2. The zero-order valence-corrected chi connectivity index (χ0v) is 8.22. The van der Waals surface area contributed by atoms with Gasteiger partial charge in [0.2, 0.25) is 0 Å². The predicted molar refractivity (Wildman–Crippen MR) is 50.5 cm³/mol. The highest BCUT2D eigenvalue weighted by Crippen LogP contribution is 2.07. The molecule has 68 valence electrons. The Morgan fingerprint density at radius 2 is 1.73 bits per heavy atom. The summed E-state index contributed by atoms with van der Waals surface area (Å²) in [7, 11) is 0. The molecular formula is C9H22N2. The smallest absolute Gasteiger partial charge is 0.0162 e. The third-order valence-corrected chi connectivity index (χ3v) is 2.28. The molecule has 0 saturated carbocycles. The molecule has 11 heavy (non-hydrogen) atoms. The molecule has 0 aliphatic rings. The second-order valence-corrected chi connectivity index (χ2v) is 3.77. The van der Waals surface area contributed by atoms with Crippen LogP contribution >= 0.6 is 0 Å². The third kappa shape index (κ3) is 5.22. The third-order valence-electron chi connectivity index (χ3n) is 2.28. The van der Waals surface area contributed by atoms with Gasteiger partial charge in [-0.3, -0.25) is 0 Å². The minimum Gasteiger partial charge on any atom is -0.329 e. The first-order valence-electron chi connectivity index (χ1n) is 4.51. The zero-order valence-electron chi connectivity index (χ0n) is 8.22. The van der Waals surface area contributed by atoms with Crippen molar-refractivity contribution in [2.24, 2.45) is 17.6 Å². The topological polar surface area (TPSA) is 38.0 Å². The van der Waals surface area contributed by atoms with Crippen LogP contribution < -0.4 is 11.1 Å². The molecule has 1 unspecified atom stereocenters. The van der Waals surface area contributed by atoms with E-state index in [4.69, 9.17) is 5.73 Å². The lowest BCUT2D eigenvalue weighted by molar-refractivity contribution is 0.375. The fourth-order valence-corrected chi connectivity index (χ4v) is 0.706. The minimum absolute atomic E-state index is 0.455. The summed E-state index contributed by atoms with van der Waals surface area (Å²) < 4.78 is 0. The van der Waals surface area contributed by atoms with Crippen molar-refractivity contribution in [3.05, 3.63) is 0 Å². The Morgan fingerprint density at radius 3 is 2.09 bits per heavy atom. The van der Waals surface area contributed by atoms with Crippen molar-refractivity contribution in [3.8, 4) is 0 Å². The normalized spacial score (nSPS) is 16.9. The molecule has 0 aliphatic heterocycles. The molecule has 0 aromatic rings. The highest BCUT2D eigenvalue weighted by molar-refractivity contribution is 4.65. The maximum atomic E-state index is 5.47. The van der Waals surface area contributed by atoms with Crippen molar-refractivity contribution in [2.75, 3.05) is 13.1 Å². The molecule has 2 heteroatoms. The molecule has 0 aliphatic carbocycles. The average Bonchev–Trinajstić information content (AvgIpc) is 1.99. The Hall–Kier alpha value is -0.0800. The van der Waals surface area contributed by atoms with Gasteiger partial charge >= 0.3 is 0 Å². The maximum absolute atomic E-state index is 5.47. The van der Waals surface area contributed by atoms with Crippen LogP contribution in [0.5, 0.6) is 0 Å². The number of hydrogen-bond acceptors (Lipinski definition) is 2. The largest absolute Gasteiger partial charge is 0.329 e. The van der Waals surface area contributed by atoms with Gasteiger partial charge in [-0.1, -0.05) is 20.8 Å². The molecular weight excluding hydrogens is 136 g/mol. The first-order valence-corrected chi connectivity index (χ1v) is 4.51. The summed E-state index contributed by atoms with van der Waals surface area (Å²) in [4.78, 5) is 0. The van der Waals surface area contributed by atoms with Crippen molar-refractivity contribution in [1.82, 2.24) is 5.32 Å². The monoisotopic (exact) mass is 158 g/mol. The van der Waals surface area contributed by atoms with E-state index in [1.165, 1.54) is 0 Å². The summed E-state index contributed by atoms with van der Waals surface area (Å²) in [6, 6.07) is 0.455. The lowest BCUT2D eigenvalue weighted by Crippen LogP contribution is -2.36. The summed E-state index contributed by atoms with van der Waals surface area (Å²) >= 11 is 0. The van der Waals surface area contributed by atoms with Crippen molar-refractivity contribution in [1.29, 1.82) is 0 Å². The molecule has 0 aromatic heterocycles. The molecule has 3 N–H and O–H groups in total. The highest BCUT2D eigenvalue weighted by atomic mass is 14.9. The minimum atomic E-state index is 0.455. The van der Waals surface area contributed by atoms with E-state index in [9.17, 15) is 0 Å². The quantitative estimate of drug-likeness (QED) is 0.631. The van der Waals surface area contributed by atoms with Crippen molar-refractivity contribution >= 4 is 0 Å². The van der Waals surface area contributed by atoms with Crippen LogP contribution in [0.4, 0.5) is 0 Å². The van der Waals surface area contributed by atoms with E-state index in [0.717, 1.165) is 24.9 Å².